The molecule has 1 aromatic heterocycles. The fraction of sp³-hybridized carbons (Fsp3) is 0.133. The van der Waals surface area contributed by atoms with Crippen LogP contribution in [0.2, 0.25) is 0 Å². The van der Waals surface area contributed by atoms with Gasteiger partial charge in [0.25, 0.3) is 11.8 Å². The molecule has 2 aromatic carbocycles. The number of benzene rings is 2. The molecule has 0 aliphatic heterocycles. The van der Waals surface area contributed by atoms with Crippen molar-refractivity contribution in [2.75, 3.05) is 10.6 Å². The Labute approximate surface area is 291 Å². The number of nitrogens with zero attached hydrogens (tertiary/aromatic N) is 4. The van der Waals surface area contributed by atoms with Crippen LogP contribution in [0, 0.1) is 21.6 Å². The van der Waals surface area contributed by atoms with Gasteiger partial charge in [-0.2, -0.15) is 20.4 Å². The first-order valence-corrected chi connectivity index (χ1v) is 14.6. The van der Waals surface area contributed by atoms with Gasteiger partial charge in [0, 0.05) is 33.6 Å². The van der Waals surface area contributed by atoms with E-state index in [1.165, 1.54) is 12.1 Å². The Morgan fingerprint density at radius 2 is 0.765 bits per heavy atom. The maximum absolute atomic E-state index is 13.3. The summed E-state index contributed by atoms with van der Waals surface area (Å²) in [4.78, 5) is 26.5. The highest BCUT2D eigenvalue weighted by Crippen LogP contribution is 2.21. The Hall–Kier alpha value is -7.58. The molecule has 21 heteroatoms. The zero-order valence-corrected chi connectivity index (χ0v) is 27.9. The molecule has 2 amide bonds. The Morgan fingerprint density at radius 3 is 1.00 bits per heavy atom. The molecule has 0 atom stereocenters. The fourth-order valence-electron chi connectivity index (χ4n) is 4.04. The highest BCUT2D eigenvalue weighted by atomic mass is 16.4. The van der Waals surface area contributed by atoms with Crippen molar-refractivity contribution >= 4 is 69.9 Å². The number of hydrogen-bond donors (Lipinski definition) is 14. The molecule has 0 spiro atoms. The van der Waals surface area contributed by atoms with E-state index in [1.807, 2.05) is 0 Å². The van der Waals surface area contributed by atoms with Gasteiger partial charge in [-0.1, -0.05) is 0 Å². The van der Waals surface area contributed by atoms with Crippen LogP contribution in [0.25, 0.3) is 0 Å². The van der Waals surface area contributed by atoms with Crippen molar-refractivity contribution in [2.24, 2.45) is 43.3 Å². The quantitative estimate of drug-likeness (QED) is 0.0705. The largest absolute Gasteiger partial charge is 0.446 e. The summed E-state index contributed by atoms with van der Waals surface area (Å²) in [6.45, 7) is 6.63. The molecule has 0 unspecified atom stereocenters. The molecule has 18 N–H and O–H groups in total. The van der Waals surface area contributed by atoms with E-state index in [-0.39, 0.29) is 35.4 Å². The van der Waals surface area contributed by atoms with Crippen LogP contribution in [0.3, 0.4) is 0 Å². The molecule has 266 valence electrons. The van der Waals surface area contributed by atoms with Crippen molar-refractivity contribution in [3.63, 3.8) is 0 Å². The zero-order valence-electron chi connectivity index (χ0n) is 27.9. The van der Waals surface area contributed by atoms with E-state index in [4.69, 9.17) is 49.0 Å². The summed E-state index contributed by atoms with van der Waals surface area (Å²) in [5.74, 6) is -3.19. The van der Waals surface area contributed by atoms with Crippen molar-refractivity contribution in [1.82, 2.24) is 21.7 Å². The molecule has 0 saturated heterocycles. The molecule has 0 aliphatic rings. The molecular weight excluding hydrogens is 660 g/mol. The number of nitrogens with two attached hydrogens (primary N) is 4. The van der Waals surface area contributed by atoms with Crippen LogP contribution in [-0.4, -0.2) is 58.5 Å². The van der Waals surface area contributed by atoms with Crippen molar-refractivity contribution in [2.45, 2.75) is 27.7 Å². The second-order valence-electron chi connectivity index (χ2n) is 10.6. The first kappa shape index (κ1) is 37.9. The third kappa shape index (κ3) is 11.6. The van der Waals surface area contributed by atoms with Gasteiger partial charge in [-0.05, 0) is 76.2 Å². The van der Waals surface area contributed by atoms with Crippen LogP contribution in [0.5, 0.6) is 0 Å². The van der Waals surface area contributed by atoms with Crippen molar-refractivity contribution in [3.05, 3.63) is 82.3 Å². The van der Waals surface area contributed by atoms with Gasteiger partial charge in [-0.25, -0.2) is 21.7 Å². The number of carbonyl (C=O) groups excluding carboxylic acids is 2. The third-order valence-corrected chi connectivity index (χ3v) is 6.48. The zero-order chi connectivity index (χ0) is 37.8. The number of furan rings is 1. The van der Waals surface area contributed by atoms with Gasteiger partial charge in [0.05, 0.1) is 22.8 Å². The number of guanidine groups is 4. The lowest BCUT2D eigenvalue weighted by Crippen LogP contribution is -2.27. The van der Waals surface area contributed by atoms with E-state index in [2.05, 4.69) is 52.7 Å². The highest BCUT2D eigenvalue weighted by molar-refractivity contribution is 6.10. The lowest BCUT2D eigenvalue weighted by atomic mass is 10.0. The summed E-state index contributed by atoms with van der Waals surface area (Å²) < 4.78 is 5.61. The van der Waals surface area contributed by atoms with Crippen LogP contribution in [0.1, 0.15) is 71.1 Å². The van der Waals surface area contributed by atoms with Crippen molar-refractivity contribution in [1.29, 1.82) is 21.6 Å². The number of hydrazone groups is 4. The normalized spacial score (nSPS) is 12.0. The molecule has 21 nitrogen and oxygen atoms in total. The predicted molar refractivity (Wildman–Crippen MR) is 197 cm³/mol. The summed E-state index contributed by atoms with van der Waals surface area (Å²) in [5, 5.41) is 51.1. The minimum Gasteiger partial charge on any atom is -0.446 e. The monoisotopic (exact) mass is 698 g/mol. The second-order valence-corrected chi connectivity index (χ2v) is 10.6. The topological polar surface area (TPSA) is 368 Å². The van der Waals surface area contributed by atoms with Gasteiger partial charge >= 0.3 is 0 Å². The van der Waals surface area contributed by atoms with E-state index < -0.39 is 11.8 Å². The SMILES string of the molecule is C/C(=N\NC(=N)N)c1cc(NC(=O)c2ccc(C(=O)Nc3cc(/C(C)=N/NC(=N)N)cc(/C(C)=N/NC(=N)N)c3)o2)cc(/C(C)=N/NC(=N)N)c1. The predicted octanol–water partition coefficient (Wildman–Crippen LogP) is 0.612. The molecule has 0 bridgehead atoms. The number of nitrogens with one attached hydrogen (secondary N) is 10. The first-order valence-electron chi connectivity index (χ1n) is 14.6. The standard InChI is InChI=1S/C30H38N18O3/c1-13(41-45-27(31)32)17-7-18(14(2)42-46-28(33)34)10-21(9-17)39-25(49)23-5-6-24(51-23)26(50)40-22-11-19(15(3)43-47-29(35)36)8-20(12-22)16(4)44-48-30(37)38/h5-12H,1-4H3,(H,39,49)(H,40,50)(H4,31,32,45)(H4,33,34,46)(H4,35,36,47)(H4,37,38,48)/b41-13+,42-14+,43-15+,44-16+. The Morgan fingerprint density at radius 1 is 0.510 bits per heavy atom. The van der Waals surface area contributed by atoms with Gasteiger partial charge in [0.1, 0.15) is 0 Å². The molecular formula is C30H38N18O3. The van der Waals surface area contributed by atoms with Gasteiger partial charge in [0.2, 0.25) is 23.8 Å². The number of rotatable bonds is 12. The van der Waals surface area contributed by atoms with Gasteiger partial charge in [-0.3, -0.25) is 31.2 Å². The maximum Gasteiger partial charge on any atom is 0.291 e. The molecule has 3 aromatic rings. The Bertz CT molecular complexity index is 1770. The molecule has 0 radical (unpaired) electrons. The van der Waals surface area contributed by atoms with Crippen LogP contribution in [-0.2, 0) is 0 Å². The highest BCUT2D eigenvalue weighted by Gasteiger charge is 2.18. The number of hydrogen-bond acceptors (Lipinski definition) is 11. The Balaban J connectivity index is 1.90. The van der Waals surface area contributed by atoms with E-state index in [0.717, 1.165) is 0 Å². The van der Waals surface area contributed by atoms with Crippen LogP contribution in [0.4, 0.5) is 11.4 Å². The summed E-state index contributed by atoms with van der Waals surface area (Å²) in [6.07, 6.45) is 0. The van der Waals surface area contributed by atoms with Crippen LogP contribution >= 0.6 is 0 Å². The minimum absolute atomic E-state index is 0.176. The molecule has 0 aliphatic carbocycles. The van der Waals surface area contributed by atoms with Gasteiger partial charge in [-0.15, -0.1) is 0 Å². The number of anilines is 2. The summed E-state index contributed by atoms with van der Waals surface area (Å²) >= 11 is 0. The van der Waals surface area contributed by atoms with Crippen LogP contribution < -0.4 is 55.3 Å². The fourth-order valence-corrected chi connectivity index (χ4v) is 4.04. The minimum atomic E-state index is -0.677. The smallest absolute Gasteiger partial charge is 0.291 e. The van der Waals surface area contributed by atoms with E-state index in [0.29, 0.717) is 56.5 Å². The van der Waals surface area contributed by atoms with E-state index in [9.17, 15) is 9.59 Å². The molecule has 3 rings (SSSR count). The number of carbonyl (C=O) groups is 2. The molecule has 0 fully saturated rings. The van der Waals surface area contributed by atoms with E-state index in [1.54, 1.807) is 64.1 Å². The van der Waals surface area contributed by atoms with Crippen molar-refractivity contribution in [3.8, 4) is 0 Å². The van der Waals surface area contributed by atoms with Crippen LogP contribution in [0.15, 0.2) is 73.4 Å². The number of amides is 2. The third-order valence-electron chi connectivity index (χ3n) is 6.48. The molecule has 0 saturated carbocycles. The average Bonchev–Trinajstić information content (AvgIpc) is 3.58. The Kier molecular flexibility index (Phi) is 12.6. The lowest BCUT2D eigenvalue weighted by molar-refractivity contribution is 0.0974. The van der Waals surface area contributed by atoms with Crippen molar-refractivity contribution < 1.29 is 14.0 Å². The van der Waals surface area contributed by atoms with E-state index >= 15 is 0 Å². The summed E-state index contributed by atoms with van der Waals surface area (Å²) in [7, 11) is 0. The first-order chi connectivity index (χ1) is 24.0. The lowest BCUT2D eigenvalue weighted by Gasteiger charge is -2.11. The van der Waals surface area contributed by atoms with Gasteiger partial charge < -0.3 is 38.0 Å². The molecule has 51 heavy (non-hydrogen) atoms. The summed E-state index contributed by atoms with van der Waals surface area (Å²) in [5.41, 5.74) is 35.3. The van der Waals surface area contributed by atoms with Gasteiger partial charge in [0.15, 0.2) is 11.5 Å². The molecule has 1 heterocycles. The maximum atomic E-state index is 13.3. The second kappa shape index (κ2) is 17.0. The average molecular weight is 699 g/mol. The summed E-state index contributed by atoms with van der Waals surface area (Å²) in [6, 6.07) is 12.6.